The maximum Gasteiger partial charge on any atom is 0.430 e. The van der Waals surface area contributed by atoms with Crippen molar-refractivity contribution in [2.45, 2.75) is 43.8 Å². The van der Waals surface area contributed by atoms with Gasteiger partial charge >= 0.3 is 12.1 Å². The van der Waals surface area contributed by atoms with Crippen molar-refractivity contribution in [1.29, 1.82) is 0 Å². The number of nitrogens with one attached hydrogen (secondary N) is 1. The smallest absolute Gasteiger partial charge is 0.430 e. The van der Waals surface area contributed by atoms with Gasteiger partial charge in [-0.15, -0.1) is 0 Å². The fraction of sp³-hybridized carbons (Fsp3) is 0.600. The number of carbonyl (C=O) groups excluding carboxylic acids is 1. The number of hydrogen-bond donors (Lipinski definition) is 2. The highest BCUT2D eigenvalue weighted by Gasteiger charge is 2.47. The zero-order chi connectivity index (χ0) is 22.5. The van der Waals surface area contributed by atoms with Gasteiger partial charge in [0.15, 0.2) is 0 Å². The zero-order valence-corrected chi connectivity index (χ0v) is 18.1. The van der Waals surface area contributed by atoms with Crippen molar-refractivity contribution >= 4 is 27.9 Å². The molecule has 2 N–H and O–H groups in total. The molecule has 0 radical (unpaired) electrons. The summed E-state index contributed by atoms with van der Waals surface area (Å²) >= 11 is 3.46. The fourth-order valence-electron chi connectivity index (χ4n) is 4.30. The first-order valence-electron chi connectivity index (χ1n) is 9.63. The van der Waals surface area contributed by atoms with Crippen LogP contribution in [-0.2, 0) is 14.3 Å². The van der Waals surface area contributed by atoms with Crippen molar-refractivity contribution in [1.82, 2.24) is 0 Å². The molecule has 0 amide bonds. The van der Waals surface area contributed by atoms with E-state index < -0.39 is 18.1 Å². The molecule has 1 aliphatic heterocycles. The highest BCUT2D eigenvalue weighted by molar-refractivity contribution is 9.10. The summed E-state index contributed by atoms with van der Waals surface area (Å²) in [4.78, 5) is 22.1. The van der Waals surface area contributed by atoms with Crippen LogP contribution in [0.1, 0.15) is 37.7 Å². The molecule has 1 aromatic rings. The van der Waals surface area contributed by atoms with E-state index in [4.69, 9.17) is 14.6 Å². The Hall–Kier alpha value is -1.65. The van der Waals surface area contributed by atoms with Gasteiger partial charge in [0.2, 0.25) is 0 Å². The quantitative estimate of drug-likeness (QED) is 0.661. The van der Waals surface area contributed by atoms with Gasteiger partial charge in [-0.1, -0.05) is 28.1 Å². The fourth-order valence-corrected chi connectivity index (χ4v) is 4.57. The van der Waals surface area contributed by atoms with Crippen LogP contribution in [0, 0.1) is 5.92 Å². The molecule has 30 heavy (non-hydrogen) atoms. The molecule has 1 aliphatic carbocycles. The number of alkyl halides is 3. The lowest BCUT2D eigenvalue weighted by atomic mass is 9.67. The predicted octanol–water partition coefficient (Wildman–Crippen LogP) is 1.39. The minimum absolute atomic E-state index is 0.0923. The van der Waals surface area contributed by atoms with Crippen LogP contribution in [0.2, 0.25) is 0 Å². The van der Waals surface area contributed by atoms with E-state index in [-0.39, 0.29) is 17.4 Å². The Morgan fingerprint density at radius 2 is 1.77 bits per heavy atom. The summed E-state index contributed by atoms with van der Waals surface area (Å²) in [7, 11) is 0. The summed E-state index contributed by atoms with van der Waals surface area (Å²) in [5.41, 5.74) is 1.30. The number of benzene rings is 1. The maximum absolute atomic E-state index is 11.8. The average Bonchev–Trinajstić information content (AvgIpc) is 2.69. The average molecular weight is 496 g/mol. The van der Waals surface area contributed by atoms with Gasteiger partial charge < -0.3 is 24.6 Å². The number of halogens is 4. The zero-order valence-electron chi connectivity index (χ0n) is 16.5. The van der Waals surface area contributed by atoms with Crippen molar-refractivity contribution in [3.8, 4) is 0 Å². The number of aliphatic carboxylic acids is 2. The van der Waals surface area contributed by atoms with E-state index in [9.17, 15) is 23.1 Å². The highest BCUT2D eigenvalue weighted by Crippen LogP contribution is 2.42. The van der Waals surface area contributed by atoms with Crippen LogP contribution in [0.3, 0.4) is 0 Å². The van der Waals surface area contributed by atoms with Crippen LogP contribution < -0.4 is 10.0 Å². The van der Waals surface area contributed by atoms with Crippen molar-refractivity contribution in [2.24, 2.45) is 5.92 Å². The summed E-state index contributed by atoms with van der Waals surface area (Å²) in [6.45, 7) is 6.02. The molecule has 0 spiro atoms. The van der Waals surface area contributed by atoms with Gasteiger partial charge in [0.25, 0.3) is 0 Å². The predicted molar refractivity (Wildman–Crippen MR) is 103 cm³/mol. The van der Waals surface area contributed by atoms with E-state index in [1.165, 1.54) is 0 Å². The van der Waals surface area contributed by atoms with E-state index in [0.717, 1.165) is 55.6 Å². The summed E-state index contributed by atoms with van der Waals surface area (Å²) in [6.07, 6.45) is -2.52. The second-order valence-electron chi connectivity index (χ2n) is 7.91. The van der Waals surface area contributed by atoms with E-state index >= 15 is 0 Å². The Kier molecular flexibility index (Phi) is 8.29. The number of ether oxygens (including phenoxy) is 1. The van der Waals surface area contributed by atoms with E-state index in [2.05, 4.69) is 35.0 Å². The molecule has 6 nitrogen and oxygen atoms in total. The normalized spacial score (nSPS) is 27.6. The van der Waals surface area contributed by atoms with Gasteiger partial charge in [-0.3, -0.25) is 4.79 Å². The second-order valence-corrected chi connectivity index (χ2v) is 8.82. The van der Waals surface area contributed by atoms with Crippen molar-refractivity contribution in [3.63, 3.8) is 0 Å². The van der Waals surface area contributed by atoms with E-state index in [1.807, 2.05) is 12.1 Å². The van der Waals surface area contributed by atoms with Crippen LogP contribution in [0.4, 0.5) is 13.2 Å². The molecule has 0 bridgehead atoms. The molecule has 1 unspecified atom stereocenters. The first kappa shape index (κ1) is 24.6. The summed E-state index contributed by atoms with van der Waals surface area (Å²) in [5, 5.41) is 18.5. The molecule has 1 saturated carbocycles. The molecule has 1 aromatic carbocycles. The Morgan fingerprint density at radius 1 is 1.23 bits per heavy atom. The van der Waals surface area contributed by atoms with Crippen LogP contribution in [0.25, 0.3) is 0 Å². The first-order valence-corrected chi connectivity index (χ1v) is 10.4. The van der Waals surface area contributed by atoms with Crippen LogP contribution in [-0.4, -0.2) is 55.1 Å². The van der Waals surface area contributed by atoms with Gasteiger partial charge in [-0.05, 0) is 31.0 Å². The van der Waals surface area contributed by atoms with Crippen molar-refractivity contribution < 1.29 is 42.6 Å². The number of morpholine rings is 1. The minimum Gasteiger partial charge on any atom is -0.542 e. The van der Waals surface area contributed by atoms with Gasteiger partial charge in [-0.2, -0.15) is 13.2 Å². The number of carboxylic acid groups (broad SMARTS) is 2. The molecular weight excluding hydrogens is 471 g/mol. The Bertz CT molecular complexity index is 737. The molecule has 3 atom stereocenters. The van der Waals surface area contributed by atoms with Crippen LogP contribution in [0.15, 0.2) is 28.7 Å². The lowest BCUT2D eigenvalue weighted by molar-refractivity contribution is -0.959. The lowest BCUT2D eigenvalue weighted by Crippen LogP contribution is -3.21. The highest BCUT2D eigenvalue weighted by atomic mass is 79.9. The van der Waals surface area contributed by atoms with Gasteiger partial charge in [0.1, 0.15) is 19.1 Å². The van der Waals surface area contributed by atoms with Crippen molar-refractivity contribution in [2.75, 3.05) is 26.3 Å². The number of rotatable bonds is 3. The Morgan fingerprint density at radius 3 is 2.23 bits per heavy atom. The van der Waals surface area contributed by atoms with Gasteiger partial charge in [0.05, 0.1) is 24.7 Å². The van der Waals surface area contributed by atoms with Crippen molar-refractivity contribution in [3.05, 3.63) is 34.3 Å². The second kappa shape index (κ2) is 10.1. The van der Waals surface area contributed by atoms with Crippen LogP contribution >= 0.6 is 15.9 Å². The van der Waals surface area contributed by atoms with E-state index in [0.29, 0.717) is 0 Å². The molecular formula is C20H25BrF3NO5. The number of quaternary nitrogens is 1. The minimum atomic E-state index is -5.19. The third-order valence-corrected chi connectivity index (χ3v) is 6.49. The summed E-state index contributed by atoms with van der Waals surface area (Å²) in [5.74, 6) is -3.84. The molecule has 10 heteroatoms. The Labute approximate surface area is 181 Å². The monoisotopic (exact) mass is 495 g/mol. The van der Waals surface area contributed by atoms with E-state index in [1.54, 1.807) is 4.90 Å². The standard InChI is InChI=1S/C18H24BrNO3.C2HF3O2/c1-18(20-8-10-23-11-9-20)7-6-15(17(21)22)16(12-18)13-2-4-14(19)5-3-13;3-2(4,5)1(6)7/h2-5,15-16H,6-12H2,1H3,(H,21,22);(H,6,7)/t15-,16+,18?;/m1./s1. The van der Waals surface area contributed by atoms with Crippen LogP contribution in [0.5, 0.6) is 0 Å². The third-order valence-electron chi connectivity index (χ3n) is 5.96. The number of hydrogen-bond acceptors (Lipinski definition) is 4. The maximum atomic E-state index is 11.8. The largest absolute Gasteiger partial charge is 0.542 e. The topological polar surface area (TPSA) is 91.1 Å². The lowest BCUT2D eigenvalue weighted by Gasteiger charge is -2.46. The number of carbonyl (C=O) groups is 2. The Balaban J connectivity index is 0.000000396. The molecule has 0 aromatic heterocycles. The van der Waals surface area contributed by atoms with Gasteiger partial charge in [0, 0.05) is 23.2 Å². The first-order chi connectivity index (χ1) is 13.9. The summed E-state index contributed by atoms with van der Waals surface area (Å²) < 4.78 is 38.1. The molecule has 1 saturated heterocycles. The number of carboxylic acids is 2. The summed E-state index contributed by atoms with van der Waals surface area (Å²) in [6, 6.07) is 8.18. The molecule has 168 valence electrons. The third kappa shape index (κ3) is 6.42. The molecule has 1 heterocycles. The molecule has 2 fully saturated rings. The van der Waals surface area contributed by atoms with Gasteiger partial charge in [-0.25, -0.2) is 0 Å². The molecule has 2 aliphatic rings. The SMILES string of the molecule is CC1([NH+]2CCOCC2)CC[C@@H](C(=O)O)[C@H](c2ccc(Br)cc2)C1.O=C([O-])C(F)(F)F. The molecule has 3 rings (SSSR count).